The molecule has 0 fully saturated rings. The van der Waals surface area contributed by atoms with Crippen LogP contribution < -0.4 is 5.32 Å². The highest BCUT2D eigenvalue weighted by Gasteiger charge is 2.07. The Morgan fingerprint density at radius 2 is 1.81 bits per heavy atom. The molecule has 0 aliphatic carbocycles. The number of carbonyl (C=O) groups excluding carboxylic acids is 1. The average Bonchev–Trinajstić information content (AvgIpc) is 2.47. The van der Waals surface area contributed by atoms with E-state index in [1.54, 1.807) is 18.4 Å². The Morgan fingerprint density at radius 1 is 1.10 bits per heavy atom. The lowest BCUT2D eigenvalue weighted by Gasteiger charge is -2.08. The summed E-state index contributed by atoms with van der Waals surface area (Å²) < 4.78 is 11.3. The van der Waals surface area contributed by atoms with Gasteiger partial charge in [0.15, 0.2) is 0 Å². The van der Waals surface area contributed by atoms with E-state index in [1.807, 2.05) is 36.4 Å². The fourth-order valence-electron chi connectivity index (χ4n) is 2.11. The van der Waals surface area contributed by atoms with E-state index in [4.69, 9.17) is 0 Å². The molecule has 110 valence electrons. The van der Waals surface area contributed by atoms with Gasteiger partial charge in [-0.05, 0) is 41.8 Å². The molecule has 2 aromatic carbocycles. The molecule has 0 saturated heterocycles. The Kier molecular flexibility index (Phi) is 5.28. The van der Waals surface area contributed by atoms with E-state index in [1.165, 1.54) is 5.56 Å². The van der Waals surface area contributed by atoms with Gasteiger partial charge in [-0.2, -0.15) is 0 Å². The van der Waals surface area contributed by atoms with Gasteiger partial charge in [-0.1, -0.05) is 31.2 Å². The van der Waals surface area contributed by atoms with Crippen LogP contribution in [0.5, 0.6) is 0 Å². The summed E-state index contributed by atoms with van der Waals surface area (Å²) in [6.07, 6.45) is 2.59. The lowest BCUT2D eigenvalue weighted by molar-refractivity contribution is 0.102. The summed E-state index contributed by atoms with van der Waals surface area (Å²) in [6, 6.07) is 15.1. The molecule has 2 aromatic rings. The molecule has 4 heteroatoms. The van der Waals surface area contributed by atoms with Crippen molar-refractivity contribution >= 4 is 22.4 Å². The first-order valence-electron chi connectivity index (χ1n) is 6.87. The van der Waals surface area contributed by atoms with Crippen LogP contribution in [0.3, 0.4) is 0 Å². The van der Waals surface area contributed by atoms with Gasteiger partial charge in [0.25, 0.3) is 5.91 Å². The van der Waals surface area contributed by atoms with E-state index < -0.39 is 10.8 Å². The number of carbonyl (C=O) groups is 1. The summed E-state index contributed by atoms with van der Waals surface area (Å²) in [4.78, 5) is 12.3. The van der Waals surface area contributed by atoms with E-state index in [0.717, 1.165) is 17.7 Å². The number of nitrogens with one attached hydrogen (secondary N) is 1. The van der Waals surface area contributed by atoms with E-state index >= 15 is 0 Å². The predicted octanol–water partition coefficient (Wildman–Crippen LogP) is 3.38. The molecular formula is C17H19NO2S. The summed E-state index contributed by atoms with van der Waals surface area (Å²) in [5, 5.41) is 2.90. The minimum absolute atomic E-state index is 0.146. The molecule has 1 amide bonds. The first-order valence-corrected chi connectivity index (χ1v) is 8.60. The van der Waals surface area contributed by atoms with Gasteiger partial charge < -0.3 is 5.32 Å². The van der Waals surface area contributed by atoms with Gasteiger partial charge in [0, 0.05) is 34.1 Å². The molecule has 1 unspecified atom stereocenters. The lowest BCUT2D eigenvalue weighted by atomic mass is 10.1. The van der Waals surface area contributed by atoms with Crippen molar-refractivity contribution in [1.82, 2.24) is 0 Å². The molecule has 21 heavy (non-hydrogen) atoms. The van der Waals surface area contributed by atoms with Gasteiger partial charge in [0.1, 0.15) is 0 Å². The van der Waals surface area contributed by atoms with Gasteiger partial charge >= 0.3 is 0 Å². The Bertz CT molecular complexity index is 667. The van der Waals surface area contributed by atoms with Gasteiger partial charge in [-0.3, -0.25) is 9.00 Å². The van der Waals surface area contributed by atoms with E-state index in [2.05, 4.69) is 12.2 Å². The first-order chi connectivity index (χ1) is 10.1. The zero-order valence-electron chi connectivity index (χ0n) is 12.3. The largest absolute Gasteiger partial charge is 0.322 e. The highest BCUT2D eigenvalue weighted by Crippen LogP contribution is 2.14. The van der Waals surface area contributed by atoms with Crippen LogP contribution in [0.25, 0.3) is 0 Å². The summed E-state index contributed by atoms with van der Waals surface area (Å²) in [7, 11) is -0.912. The number of hydrogen-bond donors (Lipinski definition) is 1. The number of benzene rings is 2. The average molecular weight is 301 g/mol. The second-order valence-corrected chi connectivity index (χ2v) is 6.36. The number of amides is 1. The molecule has 1 atom stereocenters. The van der Waals surface area contributed by atoms with Crippen molar-refractivity contribution in [2.75, 3.05) is 11.6 Å². The number of aryl methyl sites for hydroxylation is 1. The fourth-order valence-corrected chi connectivity index (χ4v) is 2.76. The van der Waals surface area contributed by atoms with Crippen LogP contribution in [-0.4, -0.2) is 16.4 Å². The Balaban J connectivity index is 2.14. The molecule has 1 N–H and O–H groups in total. The highest BCUT2D eigenvalue weighted by molar-refractivity contribution is 7.83. The Hall–Kier alpha value is -1.94. The van der Waals surface area contributed by atoms with Crippen molar-refractivity contribution in [1.29, 1.82) is 0 Å². The van der Waals surface area contributed by atoms with Crippen LogP contribution in [0, 0.1) is 0 Å². The van der Waals surface area contributed by atoms with Gasteiger partial charge in [0.05, 0.1) is 0 Å². The number of hydrogen-bond acceptors (Lipinski definition) is 2. The second-order valence-electron chi connectivity index (χ2n) is 4.93. The first kappa shape index (κ1) is 15.4. The SMILES string of the molecule is CCc1cccc(NC(=O)c2cccc(CS(C)=O)c2)c1. The summed E-state index contributed by atoms with van der Waals surface area (Å²) in [6.45, 7) is 2.08. The van der Waals surface area contributed by atoms with Gasteiger partial charge in [0.2, 0.25) is 0 Å². The molecule has 0 aliphatic heterocycles. The van der Waals surface area contributed by atoms with Crippen LogP contribution in [0.4, 0.5) is 5.69 Å². The third kappa shape index (κ3) is 4.53. The molecule has 0 aromatic heterocycles. The highest BCUT2D eigenvalue weighted by atomic mass is 32.2. The van der Waals surface area contributed by atoms with Crippen molar-refractivity contribution in [3.63, 3.8) is 0 Å². The molecular weight excluding hydrogens is 282 g/mol. The maximum Gasteiger partial charge on any atom is 0.255 e. The molecule has 0 radical (unpaired) electrons. The zero-order valence-corrected chi connectivity index (χ0v) is 13.1. The molecule has 0 saturated carbocycles. The fraction of sp³-hybridized carbons (Fsp3) is 0.235. The minimum atomic E-state index is -0.912. The standard InChI is InChI=1S/C17H19NO2S/c1-3-13-6-5-9-16(11-13)18-17(19)15-8-4-7-14(10-15)12-21(2)20/h4-11H,3,12H2,1-2H3,(H,18,19). The normalized spacial score (nSPS) is 11.9. The predicted molar refractivity (Wildman–Crippen MR) is 88.0 cm³/mol. The maximum atomic E-state index is 12.3. The molecule has 0 aliphatic rings. The lowest BCUT2D eigenvalue weighted by Crippen LogP contribution is -2.12. The summed E-state index contributed by atoms with van der Waals surface area (Å²) in [5.41, 5.74) is 3.47. The molecule has 0 heterocycles. The third-order valence-electron chi connectivity index (χ3n) is 3.15. The minimum Gasteiger partial charge on any atom is -0.322 e. The van der Waals surface area contributed by atoms with E-state index in [-0.39, 0.29) is 5.91 Å². The van der Waals surface area contributed by atoms with Crippen molar-refractivity contribution in [3.8, 4) is 0 Å². The van der Waals surface area contributed by atoms with Crippen molar-refractivity contribution in [2.45, 2.75) is 19.1 Å². The van der Waals surface area contributed by atoms with Crippen molar-refractivity contribution in [3.05, 3.63) is 65.2 Å². The Labute approximate surface area is 127 Å². The van der Waals surface area contributed by atoms with Crippen LogP contribution in [0.1, 0.15) is 28.4 Å². The van der Waals surface area contributed by atoms with E-state index in [0.29, 0.717) is 11.3 Å². The van der Waals surface area contributed by atoms with Crippen LogP contribution >= 0.6 is 0 Å². The molecule has 3 nitrogen and oxygen atoms in total. The van der Waals surface area contributed by atoms with Crippen molar-refractivity contribution < 1.29 is 9.00 Å². The molecule has 2 rings (SSSR count). The van der Waals surface area contributed by atoms with Crippen LogP contribution in [0.2, 0.25) is 0 Å². The van der Waals surface area contributed by atoms with Gasteiger partial charge in [-0.25, -0.2) is 0 Å². The van der Waals surface area contributed by atoms with Crippen LogP contribution in [-0.2, 0) is 23.0 Å². The third-order valence-corrected chi connectivity index (χ3v) is 3.89. The molecule has 0 bridgehead atoms. The monoisotopic (exact) mass is 301 g/mol. The smallest absolute Gasteiger partial charge is 0.255 e. The summed E-state index contributed by atoms with van der Waals surface area (Å²) >= 11 is 0. The summed E-state index contributed by atoms with van der Waals surface area (Å²) in [5.74, 6) is 0.318. The second kappa shape index (κ2) is 7.18. The Morgan fingerprint density at radius 3 is 2.52 bits per heavy atom. The topological polar surface area (TPSA) is 46.2 Å². The van der Waals surface area contributed by atoms with Crippen LogP contribution in [0.15, 0.2) is 48.5 Å². The van der Waals surface area contributed by atoms with Gasteiger partial charge in [-0.15, -0.1) is 0 Å². The van der Waals surface area contributed by atoms with E-state index in [9.17, 15) is 9.00 Å². The van der Waals surface area contributed by atoms with Crippen molar-refractivity contribution in [2.24, 2.45) is 0 Å². The number of rotatable bonds is 5. The molecule has 0 spiro atoms. The maximum absolute atomic E-state index is 12.3. The number of anilines is 1. The quantitative estimate of drug-likeness (QED) is 0.920. The zero-order chi connectivity index (χ0) is 15.2.